The van der Waals surface area contributed by atoms with Gasteiger partial charge in [0, 0.05) is 50.4 Å². The van der Waals surface area contributed by atoms with E-state index in [1.807, 2.05) is 16.7 Å². The van der Waals surface area contributed by atoms with Crippen molar-refractivity contribution in [2.45, 2.75) is 45.6 Å². The summed E-state index contributed by atoms with van der Waals surface area (Å²) < 4.78 is 12.8. The molecular weight excluding hydrogens is 406 g/mol. The van der Waals surface area contributed by atoms with Crippen molar-refractivity contribution in [1.82, 2.24) is 4.57 Å². The van der Waals surface area contributed by atoms with E-state index in [-0.39, 0.29) is 11.5 Å². The summed E-state index contributed by atoms with van der Waals surface area (Å²) >= 11 is 6.50. The van der Waals surface area contributed by atoms with Gasteiger partial charge in [-0.15, -0.1) is 0 Å². The molecular formula is C23H28ClNO5. The first-order valence-corrected chi connectivity index (χ1v) is 10.6. The number of pyridine rings is 1. The van der Waals surface area contributed by atoms with Crippen LogP contribution in [0.5, 0.6) is 5.75 Å². The highest BCUT2D eigenvalue weighted by molar-refractivity contribution is 6.32. The molecule has 0 amide bonds. The Morgan fingerprint density at radius 1 is 1.30 bits per heavy atom. The second-order valence-electron chi connectivity index (χ2n) is 8.13. The SMILES string of the molecule is COCCCOc1cc2c(cc1Cl)-c1cc(=O)c(C(=O)O)cn1CC2CCC(C)C. The Kier molecular flexibility index (Phi) is 7.21. The summed E-state index contributed by atoms with van der Waals surface area (Å²) in [4.78, 5) is 23.8. The topological polar surface area (TPSA) is 77.8 Å². The number of carboxylic acid groups (broad SMARTS) is 1. The molecule has 0 saturated heterocycles. The molecule has 1 N–H and O–H groups in total. The Labute approximate surface area is 181 Å². The molecule has 30 heavy (non-hydrogen) atoms. The minimum Gasteiger partial charge on any atom is -0.492 e. The lowest BCUT2D eigenvalue weighted by molar-refractivity contribution is 0.0694. The monoisotopic (exact) mass is 433 g/mol. The van der Waals surface area contributed by atoms with E-state index in [0.717, 1.165) is 30.4 Å². The predicted molar refractivity (Wildman–Crippen MR) is 117 cm³/mol. The number of halogens is 1. The number of carboxylic acids is 1. The molecule has 1 aromatic heterocycles. The number of hydrogen-bond acceptors (Lipinski definition) is 4. The number of ether oxygens (including phenoxy) is 2. The average Bonchev–Trinajstić information content (AvgIpc) is 2.69. The van der Waals surface area contributed by atoms with Gasteiger partial charge in [0.1, 0.15) is 11.3 Å². The van der Waals surface area contributed by atoms with Crippen molar-refractivity contribution in [3.05, 3.63) is 50.8 Å². The second-order valence-corrected chi connectivity index (χ2v) is 8.53. The highest BCUT2D eigenvalue weighted by Crippen LogP contribution is 2.43. The summed E-state index contributed by atoms with van der Waals surface area (Å²) in [6, 6.07) is 5.21. The molecule has 0 fully saturated rings. The van der Waals surface area contributed by atoms with E-state index >= 15 is 0 Å². The van der Waals surface area contributed by atoms with Crippen molar-refractivity contribution < 1.29 is 19.4 Å². The van der Waals surface area contributed by atoms with Crippen LogP contribution in [0, 0.1) is 5.92 Å². The van der Waals surface area contributed by atoms with Crippen molar-refractivity contribution in [1.29, 1.82) is 0 Å². The van der Waals surface area contributed by atoms with Crippen LogP contribution in [-0.2, 0) is 11.3 Å². The summed E-state index contributed by atoms with van der Waals surface area (Å²) in [5.74, 6) is 0.143. The van der Waals surface area contributed by atoms with E-state index in [0.29, 0.717) is 42.1 Å². The van der Waals surface area contributed by atoms with Gasteiger partial charge < -0.3 is 19.1 Å². The molecule has 7 heteroatoms. The highest BCUT2D eigenvalue weighted by atomic mass is 35.5. The van der Waals surface area contributed by atoms with Crippen molar-refractivity contribution in [3.63, 3.8) is 0 Å². The van der Waals surface area contributed by atoms with Gasteiger partial charge in [0.15, 0.2) is 5.43 Å². The third-order valence-electron chi connectivity index (χ3n) is 5.44. The van der Waals surface area contributed by atoms with Gasteiger partial charge in [0.25, 0.3) is 0 Å². The van der Waals surface area contributed by atoms with Crippen molar-refractivity contribution >= 4 is 17.6 Å². The van der Waals surface area contributed by atoms with E-state index in [9.17, 15) is 14.7 Å². The maximum Gasteiger partial charge on any atom is 0.341 e. The van der Waals surface area contributed by atoms with E-state index in [1.165, 1.54) is 12.3 Å². The first-order chi connectivity index (χ1) is 14.3. The second kappa shape index (κ2) is 9.67. The molecule has 3 rings (SSSR count). The number of hydrogen-bond donors (Lipinski definition) is 1. The van der Waals surface area contributed by atoms with Crippen LogP contribution in [0.2, 0.25) is 5.02 Å². The summed E-state index contributed by atoms with van der Waals surface area (Å²) in [6.45, 7) is 6.09. The Bertz CT molecular complexity index is 982. The number of fused-ring (bicyclic) bond motifs is 3. The Hall–Kier alpha value is -2.31. The molecule has 1 atom stereocenters. The molecule has 1 unspecified atom stereocenters. The zero-order valence-electron chi connectivity index (χ0n) is 17.6. The van der Waals surface area contributed by atoms with E-state index in [2.05, 4.69) is 13.8 Å². The van der Waals surface area contributed by atoms with Crippen LogP contribution < -0.4 is 10.2 Å². The smallest absolute Gasteiger partial charge is 0.341 e. The number of rotatable bonds is 9. The number of aromatic carboxylic acids is 1. The highest BCUT2D eigenvalue weighted by Gasteiger charge is 2.27. The van der Waals surface area contributed by atoms with Crippen LogP contribution >= 0.6 is 11.6 Å². The number of aromatic nitrogens is 1. The minimum atomic E-state index is -1.21. The van der Waals surface area contributed by atoms with Crippen LogP contribution in [0.3, 0.4) is 0 Å². The van der Waals surface area contributed by atoms with Gasteiger partial charge in [-0.05, 0) is 30.0 Å². The van der Waals surface area contributed by atoms with Gasteiger partial charge in [-0.3, -0.25) is 4.79 Å². The van der Waals surface area contributed by atoms with Crippen molar-refractivity contribution in [3.8, 4) is 17.0 Å². The van der Waals surface area contributed by atoms with Crippen molar-refractivity contribution in [2.75, 3.05) is 20.3 Å². The third kappa shape index (κ3) is 4.87. The van der Waals surface area contributed by atoms with E-state index < -0.39 is 11.4 Å². The van der Waals surface area contributed by atoms with Crippen LogP contribution in [-0.4, -0.2) is 36.0 Å². The van der Waals surface area contributed by atoms with Gasteiger partial charge in [-0.2, -0.15) is 0 Å². The lowest BCUT2D eigenvalue weighted by atomic mass is 9.84. The lowest BCUT2D eigenvalue weighted by Crippen LogP contribution is -2.24. The fourth-order valence-corrected chi connectivity index (χ4v) is 4.08. The number of nitrogens with zero attached hydrogens (tertiary/aromatic N) is 1. The molecule has 1 aliphatic rings. The van der Waals surface area contributed by atoms with Crippen LogP contribution in [0.25, 0.3) is 11.3 Å². The molecule has 0 radical (unpaired) electrons. The van der Waals surface area contributed by atoms with Gasteiger partial charge >= 0.3 is 5.97 Å². The Morgan fingerprint density at radius 2 is 2.07 bits per heavy atom. The maximum atomic E-state index is 12.3. The summed E-state index contributed by atoms with van der Waals surface area (Å²) in [5, 5.41) is 9.82. The number of benzene rings is 1. The zero-order valence-corrected chi connectivity index (χ0v) is 18.4. The van der Waals surface area contributed by atoms with Crippen molar-refractivity contribution in [2.24, 2.45) is 5.92 Å². The first kappa shape index (κ1) is 22.4. The molecule has 1 aromatic carbocycles. The molecule has 0 saturated carbocycles. The normalized spacial score (nSPS) is 15.0. The number of carbonyl (C=O) groups is 1. The van der Waals surface area contributed by atoms with E-state index in [1.54, 1.807) is 7.11 Å². The third-order valence-corrected chi connectivity index (χ3v) is 5.73. The molecule has 162 valence electrons. The maximum absolute atomic E-state index is 12.3. The van der Waals surface area contributed by atoms with Gasteiger partial charge in [0.2, 0.25) is 0 Å². The largest absolute Gasteiger partial charge is 0.492 e. The zero-order chi connectivity index (χ0) is 21.8. The lowest BCUT2D eigenvalue weighted by Gasteiger charge is -2.31. The van der Waals surface area contributed by atoms with Gasteiger partial charge in [0.05, 0.1) is 17.3 Å². The summed E-state index contributed by atoms with van der Waals surface area (Å²) in [5.41, 5.74) is 1.92. The molecule has 2 heterocycles. The predicted octanol–water partition coefficient (Wildman–Crippen LogP) is 4.82. The summed E-state index contributed by atoms with van der Waals surface area (Å²) in [7, 11) is 1.65. The molecule has 0 spiro atoms. The standard InChI is InChI=1S/C23H28ClNO5/c1-14(2)5-6-15-12-25-13-18(23(27)28)21(26)11-20(25)17-9-19(24)22(10-16(15)17)30-8-4-7-29-3/h9-11,13-15H,4-8,12H2,1-3H3,(H,27,28). The first-order valence-electron chi connectivity index (χ1n) is 10.2. The van der Waals surface area contributed by atoms with Crippen LogP contribution in [0.4, 0.5) is 0 Å². The fraction of sp³-hybridized carbons (Fsp3) is 0.478. The molecule has 6 nitrogen and oxygen atoms in total. The molecule has 0 aliphatic carbocycles. The summed E-state index contributed by atoms with van der Waals surface area (Å²) in [6.07, 6.45) is 4.20. The Morgan fingerprint density at radius 3 is 2.73 bits per heavy atom. The number of methoxy groups -OCH3 is 1. The molecule has 0 bridgehead atoms. The quantitative estimate of drug-likeness (QED) is 0.574. The molecule has 1 aliphatic heterocycles. The average molecular weight is 434 g/mol. The fourth-order valence-electron chi connectivity index (χ4n) is 3.86. The van der Waals surface area contributed by atoms with Crippen LogP contribution in [0.1, 0.15) is 54.9 Å². The van der Waals surface area contributed by atoms with E-state index in [4.69, 9.17) is 21.1 Å². The Balaban J connectivity index is 2.04. The van der Waals surface area contributed by atoms with Crippen LogP contribution in [0.15, 0.2) is 29.2 Å². The van der Waals surface area contributed by atoms with Gasteiger partial charge in [-0.1, -0.05) is 31.9 Å². The molecule has 2 aromatic rings. The van der Waals surface area contributed by atoms with Gasteiger partial charge in [-0.25, -0.2) is 4.79 Å². The minimum absolute atomic E-state index is 0.178.